The molecule has 2 rings (SSSR count). The molecule has 0 aliphatic rings. The Bertz CT molecular complexity index is 624. The number of thiazole rings is 1. The zero-order valence-corrected chi connectivity index (χ0v) is 11.2. The van der Waals surface area contributed by atoms with Crippen LogP contribution in [0.4, 0.5) is 5.13 Å². The number of carbonyl (C=O) groups is 1. The lowest BCUT2D eigenvalue weighted by atomic mass is 10.1. The van der Waals surface area contributed by atoms with Gasteiger partial charge in [0.1, 0.15) is 11.5 Å². The number of aromatic carboxylic acids is 1. The summed E-state index contributed by atoms with van der Waals surface area (Å²) in [6, 6.07) is 5.12. The van der Waals surface area contributed by atoms with Gasteiger partial charge in [0, 0.05) is 11.6 Å². The van der Waals surface area contributed by atoms with Crippen molar-refractivity contribution < 1.29 is 19.4 Å². The van der Waals surface area contributed by atoms with E-state index in [2.05, 4.69) is 4.98 Å². The maximum atomic E-state index is 11.2. The van der Waals surface area contributed by atoms with Crippen LogP contribution >= 0.6 is 11.3 Å². The second kappa shape index (κ2) is 5.15. The molecule has 0 bridgehead atoms. The minimum Gasteiger partial charge on any atom is -0.497 e. The first-order chi connectivity index (χ1) is 9.06. The number of hydrogen-bond donors (Lipinski definition) is 2. The Morgan fingerprint density at radius 2 is 2.11 bits per heavy atom. The minimum atomic E-state index is -1.12. The molecule has 0 aliphatic heterocycles. The molecule has 3 N–H and O–H groups in total. The van der Waals surface area contributed by atoms with Crippen molar-refractivity contribution in [3.05, 3.63) is 23.9 Å². The molecule has 0 aliphatic carbocycles. The van der Waals surface area contributed by atoms with E-state index in [1.807, 2.05) is 0 Å². The number of methoxy groups -OCH3 is 2. The number of ether oxygens (including phenoxy) is 2. The number of benzene rings is 1. The van der Waals surface area contributed by atoms with Crippen molar-refractivity contribution in [1.29, 1.82) is 0 Å². The van der Waals surface area contributed by atoms with Gasteiger partial charge in [0.15, 0.2) is 10.8 Å². The number of nitrogen functional groups attached to an aromatic ring is 1. The van der Waals surface area contributed by atoms with Crippen molar-refractivity contribution in [2.45, 2.75) is 0 Å². The highest BCUT2D eigenvalue weighted by atomic mass is 32.1. The number of rotatable bonds is 4. The highest BCUT2D eigenvalue weighted by molar-refractivity contribution is 7.19. The molecule has 7 heteroatoms. The van der Waals surface area contributed by atoms with Gasteiger partial charge in [0.2, 0.25) is 0 Å². The third-order valence-corrected chi connectivity index (χ3v) is 3.42. The summed E-state index contributed by atoms with van der Waals surface area (Å²) in [7, 11) is 3.05. The maximum Gasteiger partial charge on any atom is 0.356 e. The summed E-state index contributed by atoms with van der Waals surface area (Å²) < 4.78 is 10.3. The van der Waals surface area contributed by atoms with Gasteiger partial charge in [0.05, 0.1) is 19.1 Å². The van der Waals surface area contributed by atoms with E-state index < -0.39 is 5.97 Å². The summed E-state index contributed by atoms with van der Waals surface area (Å²) in [5.74, 6) is 0.00119. The predicted octanol–water partition coefficient (Wildman–Crippen LogP) is 2.11. The van der Waals surface area contributed by atoms with Gasteiger partial charge in [-0.2, -0.15) is 0 Å². The zero-order valence-electron chi connectivity index (χ0n) is 10.3. The van der Waals surface area contributed by atoms with Crippen molar-refractivity contribution in [1.82, 2.24) is 4.98 Å². The van der Waals surface area contributed by atoms with Crippen LogP contribution in [0, 0.1) is 0 Å². The van der Waals surface area contributed by atoms with Crippen LogP contribution in [0.25, 0.3) is 10.4 Å². The number of carboxylic acid groups (broad SMARTS) is 1. The minimum absolute atomic E-state index is 0.0778. The molecule has 6 nitrogen and oxygen atoms in total. The van der Waals surface area contributed by atoms with Gasteiger partial charge < -0.3 is 20.3 Å². The number of hydrogen-bond acceptors (Lipinski definition) is 6. The molecule has 0 unspecified atom stereocenters. The molecular weight excluding hydrogens is 268 g/mol. The molecule has 0 radical (unpaired) electrons. The largest absolute Gasteiger partial charge is 0.497 e. The fraction of sp³-hybridized carbons (Fsp3) is 0.167. The first-order valence-electron chi connectivity index (χ1n) is 5.28. The smallest absolute Gasteiger partial charge is 0.356 e. The molecule has 0 fully saturated rings. The van der Waals surface area contributed by atoms with Crippen LogP contribution in [0.2, 0.25) is 0 Å². The monoisotopic (exact) mass is 280 g/mol. The Kier molecular flexibility index (Phi) is 3.57. The summed E-state index contributed by atoms with van der Waals surface area (Å²) in [6.07, 6.45) is 0. The third-order valence-electron chi connectivity index (χ3n) is 2.50. The van der Waals surface area contributed by atoms with Crippen LogP contribution in [-0.2, 0) is 0 Å². The molecule has 1 heterocycles. The first-order valence-corrected chi connectivity index (χ1v) is 6.10. The van der Waals surface area contributed by atoms with Crippen molar-refractivity contribution in [2.24, 2.45) is 0 Å². The second-order valence-electron chi connectivity index (χ2n) is 3.60. The van der Waals surface area contributed by atoms with Gasteiger partial charge in [-0.05, 0) is 12.1 Å². The second-order valence-corrected chi connectivity index (χ2v) is 4.63. The lowest BCUT2D eigenvalue weighted by molar-refractivity contribution is 0.0692. The summed E-state index contributed by atoms with van der Waals surface area (Å²) >= 11 is 1.10. The summed E-state index contributed by atoms with van der Waals surface area (Å²) in [4.78, 5) is 15.4. The molecule has 0 spiro atoms. The van der Waals surface area contributed by atoms with E-state index in [1.54, 1.807) is 25.3 Å². The van der Waals surface area contributed by atoms with Crippen molar-refractivity contribution >= 4 is 22.4 Å². The van der Waals surface area contributed by atoms with Gasteiger partial charge in [-0.15, -0.1) is 0 Å². The van der Waals surface area contributed by atoms with Crippen LogP contribution in [0.15, 0.2) is 18.2 Å². The van der Waals surface area contributed by atoms with Crippen LogP contribution in [0.3, 0.4) is 0 Å². The van der Waals surface area contributed by atoms with Crippen LogP contribution < -0.4 is 15.2 Å². The average Bonchev–Trinajstić information content (AvgIpc) is 2.80. The molecule has 1 aromatic carbocycles. The molecule has 0 saturated carbocycles. The highest BCUT2D eigenvalue weighted by Gasteiger charge is 2.20. The quantitative estimate of drug-likeness (QED) is 0.890. The Labute approximate surface area is 113 Å². The molecule has 19 heavy (non-hydrogen) atoms. The maximum absolute atomic E-state index is 11.2. The SMILES string of the molecule is COc1ccc(-c2sc(N)nc2C(=O)O)c(OC)c1. The molecule has 0 atom stereocenters. The Hall–Kier alpha value is -2.28. The lowest BCUT2D eigenvalue weighted by Gasteiger charge is -2.09. The van der Waals surface area contributed by atoms with Crippen LogP contribution in [0.5, 0.6) is 11.5 Å². The Morgan fingerprint density at radius 3 is 2.68 bits per heavy atom. The van der Waals surface area contributed by atoms with E-state index in [4.69, 9.17) is 20.3 Å². The number of carboxylic acids is 1. The fourth-order valence-electron chi connectivity index (χ4n) is 1.65. The van der Waals surface area contributed by atoms with E-state index in [9.17, 15) is 4.79 Å². The van der Waals surface area contributed by atoms with Crippen LogP contribution in [-0.4, -0.2) is 30.3 Å². The van der Waals surface area contributed by atoms with Crippen molar-refractivity contribution in [2.75, 3.05) is 20.0 Å². The van der Waals surface area contributed by atoms with E-state index >= 15 is 0 Å². The van der Waals surface area contributed by atoms with Gasteiger partial charge in [-0.3, -0.25) is 0 Å². The first kappa shape index (κ1) is 13.2. The lowest BCUT2D eigenvalue weighted by Crippen LogP contribution is -2.00. The Balaban J connectivity index is 2.61. The number of nitrogens with two attached hydrogens (primary N) is 1. The third kappa shape index (κ3) is 2.45. The van der Waals surface area contributed by atoms with Gasteiger partial charge in [0.25, 0.3) is 0 Å². The summed E-state index contributed by atoms with van der Waals surface area (Å²) in [5.41, 5.74) is 6.12. The molecule has 2 aromatic rings. The number of anilines is 1. The fourth-order valence-corrected chi connectivity index (χ4v) is 2.50. The molecule has 0 amide bonds. The van der Waals surface area contributed by atoms with E-state index in [-0.39, 0.29) is 10.8 Å². The van der Waals surface area contributed by atoms with Crippen molar-refractivity contribution in [3.8, 4) is 21.9 Å². The summed E-state index contributed by atoms with van der Waals surface area (Å²) in [5, 5.41) is 9.33. The summed E-state index contributed by atoms with van der Waals surface area (Å²) in [6.45, 7) is 0. The van der Waals surface area contributed by atoms with E-state index in [0.29, 0.717) is 21.9 Å². The Morgan fingerprint density at radius 1 is 1.37 bits per heavy atom. The van der Waals surface area contributed by atoms with Gasteiger partial charge in [-0.1, -0.05) is 11.3 Å². The highest BCUT2D eigenvalue weighted by Crippen LogP contribution is 2.39. The zero-order chi connectivity index (χ0) is 14.0. The normalized spacial score (nSPS) is 10.2. The molecular formula is C12H12N2O4S. The van der Waals surface area contributed by atoms with Crippen molar-refractivity contribution in [3.63, 3.8) is 0 Å². The average molecular weight is 280 g/mol. The molecule has 0 saturated heterocycles. The number of nitrogens with zero attached hydrogens (tertiary/aromatic N) is 1. The predicted molar refractivity (Wildman–Crippen MR) is 72.0 cm³/mol. The van der Waals surface area contributed by atoms with E-state index in [1.165, 1.54) is 7.11 Å². The van der Waals surface area contributed by atoms with E-state index in [0.717, 1.165) is 11.3 Å². The van der Waals surface area contributed by atoms with Crippen LogP contribution in [0.1, 0.15) is 10.5 Å². The molecule has 100 valence electrons. The van der Waals surface area contributed by atoms with Gasteiger partial charge >= 0.3 is 5.97 Å². The topological polar surface area (TPSA) is 94.7 Å². The molecule has 1 aromatic heterocycles. The standard InChI is InChI=1S/C12H12N2O4S/c1-17-6-3-4-7(8(5-6)18-2)10-9(11(15)16)14-12(13)19-10/h3-5H,1-2H3,(H2,13,14)(H,15,16). The number of aromatic nitrogens is 1. The van der Waals surface area contributed by atoms with Gasteiger partial charge in [-0.25, -0.2) is 9.78 Å².